The molecule has 5 nitrogen and oxygen atoms in total. The molecular weight excluding hydrogens is 224 g/mol. The molecule has 5 heteroatoms. The molecule has 3 unspecified atom stereocenters. The van der Waals surface area contributed by atoms with Gasteiger partial charge in [0.25, 0.3) is 0 Å². The van der Waals surface area contributed by atoms with Crippen molar-refractivity contribution in [1.82, 2.24) is 0 Å². The van der Waals surface area contributed by atoms with Gasteiger partial charge in [-0.2, -0.15) is 0 Å². The Hall–Kier alpha value is -0.650. The van der Waals surface area contributed by atoms with Crippen LogP contribution in [-0.4, -0.2) is 51.7 Å². The average molecular weight is 244 g/mol. The van der Waals surface area contributed by atoms with Gasteiger partial charge >= 0.3 is 5.97 Å². The molecule has 0 radical (unpaired) electrons. The van der Waals surface area contributed by atoms with E-state index in [1.807, 2.05) is 0 Å². The Morgan fingerprint density at radius 2 is 2.00 bits per heavy atom. The molecule has 0 bridgehead atoms. The number of methoxy groups -OCH3 is 1. The monoisotopic (exact) mass is 244 g/mol. The quantitative estimate of drug-likeness (QED) is 0.376. The van der Waals surface area contributed by atoms with E-state index in [1.165, 1.54) is 0 Å². The first kappa shape index (κ1) is 12.8. The standard InChI is InChI=1S/C12H20O5/c1-14-4-5-15-6-7-16-12(13)9-2-3-10-11(8-9)17-10/h9-11H,2-8H2,1H3. The molecule has 0 aromatic heterocycles. The zero-order valence-corrected chi connectivity index (χ0v) is 10.2. The highest BCUT2D eigenvalue weighted by Crippen LogP contribution is 2.39. The van der Waals surface area contributed by atoms with Gasteiger partial charge in [-0.1, -0.05) is 0 Å². The van der Waals surface area contributed by atoms with Crippen molar-refractivity contribution in [3.05, 3.63) is 0 Å². The van der Waals surface area contributed by atoms with Crippen LogP contribution < -0.4 is 0 Å². The minimum absolute atomic E-state index is 0.0257. The van der Waals surface area contributed by atoms with Crippen LogP contribution in [0.2, 0.25) is 0 Å². The normalized spacial score (nSPS) is 30.8. The third-order valence-corrected chi connectivity index (χ3v) is 3.24. The number of hydrogen-bond donors (Lipinski definition) is 0. The van der Waals surface area contributed by atoms with Crippen LogP contribution in [-0.2, 0) is 23.7 Å². The summed E-state index contributed by atoms with van der Waals surface area (Å²) in [4.78, 5) is 11.7. The van der Waals surface area contributed by atoms with Gasteiger partial charge in [0.2, 0.25) is 0 Å². The van der Waals surface area contributed by atoms with E-state index in [0.29, 0.717) is 38.6 Å². The van der Waals surface area contributed by atoms with Crippen LogP contribution >= 0.6 is 0 Å². The lowest BCUT2D eigenvalue weighted by atomic mass is 9.89. The molecule has 0 amide bonds. The summed E-state index contributed by atoms with van der Waals surface area (Å²) in [5.41, 5.74) is 0. The van der Waals surface area contributed by atoms with Gasteiger partial charge in [0, 0.05) is 7.11 Å². The van der Waals surface area contributed by atoms with Gasteiger partial charge in [0.15, 0.2) is 0 Å². The lowest BCUT2D eigenvalue weighted by Crippen LogP contribution is -2.25. The van der Waals surface area contributed by atoms with Gasteiger partial charge in [0.05, 0.1) is 37.9 Å². The number of hydrogen-bond acceptors (Lipinski definition) is 5. The summed E-state index contributed by atoms with van der Waals surface area (Å²) in [6, 6.07) is 0. The fourth-order valence-corrected chi connectivity index (χ4v) is 2.18. The highest BCUT2D eigenvalue weighted by Gasteiger charge is 2.46. The summed E-state index contributed by atoms with van der Waals surface area (Å²) >= 11 is 0. The van der Waals surface area contributed by atoms with E-state index in [-0.39, 0.29) is 11.9 Å². The van der Waals surface area contributed by atoms with Gasteiger partial charge in [-0.3, -0.25) is 4.79 Å². The van der Waals surface area contributed by atoms with Gasteiger partial charge in [-0.25, -0.2) is 0 Å². The maximum absolute atomic E-state index is 11.7. The van der Waals surface area contributed by atoms with E-state index in [0.717, 1.165) is 19.3 Å². The molecule has 2 rings (SSSR count). The number of carbonyl (C=O) groups excluding carboxylic acids is 1. The van der Waals surface area contributed by atoms with E-state index >= 15 is 0 Å². The summed E-state index contributed by atoms with van der Waals surface area (Å²) in [6.45, 7) is 1.87. The van der Waals surface area contributed by atoms with Crippen molar-refractivity contribution in [2.45, 2.75) is 31.5 Å². The third-order valence-electron chi connectivity index (χ3n) is 3.24. The van der Waals surface area contributed by atoms with Crippen molar-refractivity contribution in [2.24, 2.45) is 5.92 Å². The molecule has 1 saturated carbocycles. The highest BCUT2D eigenvalue weighted by molar-refractivity contribution is 5.72. The van der Waals surface area contributed by atoms with E-state index in [4.69, 9.17) is 18.9 Å². The Kier molecular flexibility index (Phi) is 4.76. The molecule has 0 spiro atoms. The number of rotatable bonds is 7. The summed E-state index contributed by atoms with van der Waals surface area (Å²) in [6.07, 6.45) is 3.46. The number of epoxide rings is 1. The maximum Gasteiger partial charge on any atom is 0.309 e. The molecule has 2 aliphatic rings. The van der Waals surface area contributed by atoms with Gasteiger partial charge < -0.3 is 18.9 Å². The minimum Gasteiger partial charge on any atom is -0.463 e. The Labute approximate surface area is 101 Å². The predicted octanol–water partition coefficient (Wildman–Crippen LogP) is 0.760. The van der Waals surface area contributed by atoms with E-state index < -0.39 is 0 Å². The number of esters is 1. The van der Waals surface area contributed by atoms with Gasteiger partial charge in [-0.05, 0) is 19.3 Å². The SMILES string of the molecule is COCCOCCOC(=O)C1CCC2OC2C1. The molecule has 0 aromatic rings. The second kappa shape index (κ2) is 6.33. The maximum atomic E-state index is 11.7. The summed E-state index contributed by atoms with van der Waals surface area (Å²) in [5, 5.41) is 0. The van der Waals surface area contributed by atoms with Crippen molar-refractivity contribution in [2.75, 3.05) is 33.5 Å². The number of carbonyl (C=O) groups is 1. The van der Waals surface area contributed by atoms with Gasteiger partial charge in [-0.15, -0.1) is 0 Å². The molecule has 17 heavy (non-hydrogen) atoms. The Morgan fingerprint density at radius 3 is 2.76 bits per heavy atom. The molecule has 98 valence electrons. The molecule has 0 aromatic carbocycles. The molecule has 1 aliphatic carbocycles. The van der Waals surface area contributed by atoms with E-state index in [2.05, 4.69) is 0 Å². The summed E-state index contributed by atoms with van der Waals surface area (Å²) in [7, 11) is 1.62. The molecule has 1 saturated heterocycles. The fourth-order valence-electron chi connectivity index (χ4n) is 2.18. The second-order valence-corrected chi connectivity index (χ2v) is 4.50. The topological polar surface area (TPSA) is 57.3 Å². The molecule has 1 heterocycles. The van der Waals surface area contributed by atoms with Crippen molar-refractivity contribution in [3.63, 3.8) is 0 Å². The molecule has 2 fully saturated rings. The van der Waals surface area contributed by atoms with Crippen molar-refractivity contribution in [3.8, 4) is 0 Å². The molecule has 1 aliphatic heterocycles. The smallest absolute Gasteiger partial charge is 0.309 e. The first-order valence-electron chi connectivity index (χ1n) is 6.20. The van der Waals surface area contributed by atoms with Crippen LogP contribution in [0.25, 0.3) is 0 Å². The van der Waals surface area contributed by atoms with Crippen molar-refractivity contribution < 1.29 is 23.7 Å². The highest BCUT2D eigenvalue weighted by atomic mass is 16.6. The lowest BCUT2D eigenvalue weighted by molar-refractivity contribution is -0.151. The third kappa shape index (κ3) is 3.94. The van der Waals surface area contributed by atoms with Crippen LogP contribution in [0, 0.1) is 5.92 Å². The van der Waals surface area contributed by atoms with Crippen LogP contribution in [0.15, 0.2) is 0 Å². The largest absolute Gasteiger partial charge is 0.463 e. The van der Waals surface area contributed by atoms with Crippen LogP contribution in [0.3, 0.4) is 0 Å². The Balaban J connectivity index is 1.51. The van der Waals surface area contributed by atoms with E-state index in [9.17, 15) is 4.79 Å². The lowest BCUT2D eigenvalue weighted by Gasteiger charge is -2.17. The minimum atomic E-state index is -0.103. The number of ether oxygens (including phenoxy) is 4. The van der Waals surface area contributed by atoms with Crippen molar-refractivity contribution in [1.29, 1.82) is 0 Å². The summed E-state index contributed by atoms with van der Waals surface area (Å²) in [5.74, 6) is -0.0768. The van der Waals surface area contributed by atoms with Crippen LogP contribution in [0.4, 0.5) is 0 Å². The Bertz CT molecular complexity index is 255. The first-order valence-corrected chi connectivity index (χ1v) is 6.20. The molecule has 0 N–H and O–H groups in total. The zero-order chi connectivity index (χ0) is 12.1. The van der Waals surface area contributed by atoms with Crippen LogP contribution in [0.1, 0.15) is 19.3 Å². The summed E-state index contributed by atoms with van der Waals surface area (Å²) < 4.78 is 20.6. The molecular formula is C12H20O5. The second-order valence-electron chi connectivity index (χ2n) is 4.50. The fraction of sp³-hybridized carbons (Fsp3) is 0.917. The van der Waals surface area contributed by atoms with Crippen molar-refractivity contribution >= 4 is 5.97 Å². The van der Waals surface area contributed by atoms with Crippen LogP contribution in [0.5, 0.6) is 0 Å². The Morgan fingerprint density at radius 1 is 1.18 bits per heavy atom. The molecule has 3 atom stereocenters. The first-order chi connectivity index (χ1) is 8.31. The van der Waals surface area contributed by atoms with Gasteiger partial charge in [0.1, 0.15) is 6.61 Å². The average Bonchev–Trinajstić information content (AvgIpc) is 3.11. The number of fused-ring (bicyclic) bond motifs is 1. The predicted molar refractivity (Wildman–Crippen MR) is 59.7 cm³/mol. The van der Waals surface area contributed by atoms with E-state index in [1.54, 1.807) is 7.11 Å². The zero-order valence-electron chi connectivity index (χ0n) is 10.2.